The number of hydrogen-bond donors (Lipinski definition) is 2. The number of sulfonamides is 1. The molecule has 3 rings (SSSR count). The lowest BCUT2D eigenvalue weighted by atomic mass is 10.2. The highest BCUT2D eigenvalue weighted by molar-refractivity contribution is 7.98. The molecule has 27 heavy (non-hydrogen) atoms. The lowest BCUT2D eigenvalue weighted by Crippen LogP contribution is -2.35. The van der Waals surface area contributed by atoms with Gasteiger partial charge in [0.2, 0.25) is 17.7 Å². The highest BCUT2D eigenvalue weighted by atomic mass is 32.2. The number of carbonyl (C=O) groups is 1. The number of ether oxygens (including phenoxy) is 2. The molecule has 1 aliphatic heterocycles. The summed E-state index contributed by atoms with van der Waals surface area (Å²) in [5, 5.41) is 2.27. The molecule has 10 nitrogen and oxygen atoms in total. The number of hydrogen-bond acceptors (Lipinski definition) is 9. The van der Waals surface area contributed by atoms with Crippen molar-refractivity contribution in [2.45, 2.75) is 16.3 Å². The first kappa shape index (κ1) is 19.2. The molecule has 0 aliphatic carbocycles. The number of methoxy groups -OCH3 is 2. The van der Waals surface area contributed by atoms with E-state index in [4.69, 9.17) is 9.47 Å². The van der Waals surface area contributed by atoms with Crippen molar-refractivity contribution in [2.75, 3.05) is 26.6 Å². The summed E-state index contributed by atoms with van der Waals surface area (Å²) in [6.07, 6.45) is 0. The molecule has 0 radical (unpaired) electrons. The fourth-order valence-corrected chi connectivity index (χ4v) is 4.80. The highest BCUT2D eigenvalue weighted by Crippen LogP contribution is 2.38. The lowest BCUT2D eigenvalue weighted by molar-refractivity contribution is 0.256. The summed E-state index contributed by atoms with van der Waals surface area (Å²) < 4.78 is 39.1. The quantitative estimate of drug-likeness (QED) is 0.704. The van der Waals surface area contributed by atoms with E-state index in [-0.39, 0.29) is 22.6 Å². The predicted molar refractivity (Wildman–Crippen MR) is 98.2 cm³/mol. The first-order chi connectivity index (χ1) is 12.8. The van der Waals surface area contributed by atoms with Crippen molar-refractivity contribution in [1.29, 1.82) is 0 Å². The Bertz CT molecular complexity index is 960. The van der Waals surface area contributed by atoms with Crippen LogP contribution in [-0.4, -0.2) is 50.0 Å². The van der Waals surface area contributed by atoms with Crippen molar-refractivity contribution < 1.29 is 22.7 Å². The summed E-state index contributed by atoms with van der Waals surface area (Å²) in [5.74, 6) is 0.145. The minimum absolute atomic E-state index is 0.0358. The molecule has 0 saturated heterocycles. The Kier molecular flexibility index (Phi) is 5.39. The monoisotopic (exact) mass is 411 g/mol. The third kappa shape index (κ3) is 4.23. The van der Waals surface area contributed by atoms with Crippen LogP contribution >= 0.6 is 11.9 Å². The van der Waals surface area contributed by atoms with E-state index >= 15 is 0 Å². The van der Waals surface area contributed by atoms with Gasteiger partial charge >= 0.3 is 6.03 Å². The molecule has 0 fully saturated rings. The van der Waals surface area contributed by atoms with Crippen LogP contribution in [0.15, 0.2) is 34.1 Å². The number of nitrogens with one attached hydrogen (secondary N) is 2. The van der Waals surface area contributed by atoms with Crippen LogP contribution in [-0.2, 0) is 16.6 Å². The predicted octanol–water partition coefficient (Wildman–Crippen LogP) is 1.46. The molecule has 0 unspecified atom stereocenters. The number of amides is 2. The Morgan fingerprint density at radius 2 is 1.89 bits per heavy atom. The molecule has 0 bridgehead atoms. The molecule has 2 heterocycles. The van der Waals surface area contributed by atoms with Crippen LogP contribution in [0.2, 0.25) is 0 Å². The maximum atomic E-state index is 12.7. The Labute approximate surface area is 160 Å². The van der Waals surface area contributed by atoms with E-state index in [1.807, 2.05) is 22.1 Å². The summed E-state index contributed by atoms with van der Waals surface area (Å²) in [6, 6.07) is 5.36. The topological polar surface area (TPSA) is 123 Å². The standard InChI is InChI=1S/C15H17N5O5S2/c1-20-8-9-5-4-6-10(13(9)26-20)27(22,23)19-15(21)18-14-16-11(24-2)7-12(17-14)25-3/h4-7H,8H2,1-3H3,(H2,16,17,18,19,21). The molecule has 1 aliphatic rings. The molecule has 1 aromatic heterocycles. The van der Waals surface area contributed by atoms with Gasteiger partial charge in [0.25, 0.3) is 10.0 Å². The van der Waals surface area contributed by atoms with Crippen molar-refractivity contribution in [3.8, 4) is 11.8 Å². The number of nitrogens with zero attached hydrogens (tertiary/aromatic N) is 3. The Hall–Kier alpha value is -2.57. The third-order valence-corrected chi connectivity index (χ3v) is 6.15. The van der Waals surface area contributed by atoms with Crippen LogP contribution in [0.3, 0.4) is 0 Å². The van der Waals surface area contributed by atoms with E-state index < -0.39 is 16.1 Å². The fraction of sp³-hybridized carbons (Fsp3) is 0.267. The molecular weight excluding hydrogens is 394 g/mol. The number of aromatic nitrogens is 2. The minimum atomic E-state index is -4.09. The van der Waals surface area contributed by atoms with Crippen molar-refractivity contribution >= 4 is 34.0 Å². The maximum Gasteiger partial charge on any atom is 0.335 e. The first-order valence-electron chi connectivity index (χ1n) is 7.64. The van der Waals surface area contributed by atoms with Gasteiger partial charge in [0.15, 0.2) is 0 Å². The molecule has 0 spiro atoms. The van der Waals surface area contributed by atoms with Gasteiger partial charge in [-0.1, -0.05) is 12.1 Å². The maximum absolute atomic E-state index is 12.7. The zero-order valence-electron chi connectivity index (χ0n) is 14.7. The summed E-state index contributed by atoms with van der Waals surface area (Å²) in [5.41, 5.74) is 0.881. The number of carbonyl (C=O) groups excluding carboxylic acids is 1. The summed E-state index contributed by atoms with van der Waals surface area (Å²) in [7, 11) is 0.548. The van der Waals surface area contributed by atoms with E-state index in [9.17, 15) is 13.2 Å². The van der Waals surface area contributed by atoms with Gasteiger partial charge in [-0.05, 0) is 30.6 Å². The summed E-state index contributed by atoms with van der Waals surface area (Å²) in [6.45, 7) is 0.618. The zero-order chi connectivity index (χ0) is 19.6. The van der Waals surface area contributed by atoms with Gasteiger partial charge in [0.1, 0.15) is 4.90 Å². The molecule has 2 N–H and O–H groups in total. The molecule has 12 heteroatoms. The largest absolute Gasteiger partial charge is 0.481 e. The van der Waals surface area contributed by atoms with Crippen LogP contribution in [0.5, 0.6) is 11.8 Å². The minimum Gasteiger partial charge on any atom is -0.481 e. The summed E-state index contributed by atoms with van der Waals surface area (Å²) >= 11 is 1.31. The van der Waals surface area contributed by atoms with E-state index in [0.717, 1.165) is 5.56 Å². The first-order valence-corrected chi connectivity index (χ1v) is 9.90. The van der Waals surface area contributed by atoms with Crippen LogP contribution in [0.1, 0.15) is 5.56 Å². The van der Waals surface area contributed by atoms with Gasteiger partial charge < -0.3 is 9.47 Å². The molecule has 1 aromatic carbocycles. The van der Waals surface area contributed by atoms with E-state index in [1.165, 1.54) is 38.3 Å². The molecule has 2 amide bonds. The number of urea groups is 1. The second-order valence-corrected chi connectivity index (χ2v) is 8.32. The third-order valence-electron chi connectivity index (χ3n) is 3.54. The molecule has 0 atom stereocenters. The van der Waals surface area contributed by atoms with Crippen molar-refractivity contribution in [2.24, 2.45) is 0 Å². The molecule has 144 valence electrons. The van der Waals surface area contributed by atoms with Crippen molar-refractivity contribution in [1.82, 2.24) is 19.0 Å². The van der Waals surface area contributed by atoms with Crippen molar-refractivity contribution in [3.63, 3.8) is 0 Å². The number of rotatable bonds is 5. The summed E-state index contributed by atoms with van der Waals surface area (Å²) in [4.78, 5) is 20.7. The van der Waals surface area contributed by atoms with Gasteiger partial charge in [0, 0.05) is 11.4 Å². The van der Waals surface area contributed by atoms with Gasteiger partial charge in [-0.15, -0.1) is 0 Å². The normalized spacial score (nSPS) is 13.7. The molecule has 0 saturated carbocycles. The number of benzene rings is 1. The Morgan fingerprint density at radius 1 is 1.22 bits per heavy atom. The molecule has 2 aromatic rings. The van der Waals surface area contributed by atoms with E-state index in [0.29, 0.717) is 11.4 Å². The van der Waals surface area contributed by atoms with Crippen LogP contribution < -0.4 is 19.5 Å². The Morgan fingerprint density at radius 3 is 2.52 bits per heavy atom. The fourth-order valence-electron chi connectivity index (χ4n) is 2.40. The van der Waals surface area contributed by atoms with Crippen LogP contribution in [0.4, 0.5) is 10.7 Å². The lowest BCUT2D eigenvalue weighted by Gasteiger charge is -2.11. The Balaban J connectivity index is 1.80. The SMILES string of the molecule is COc1cc(OC)nc(NC(=O)NS(=O)(=O)c2cccc3c2SN(C)C3)n1. The van der Waals surface area contributed by atoms with Crippen molar-refractivity contribution in [3.05, 3.63) is 29.8 Å². The van der Waals surface area contributed by atoms with E-state index in [1.54, 1.807) is 6.07 Å². The van der Waals surface area contributed by atoms with Crippen LogP contribution in [0, 0.1) is 0 Å². The highest BCUT2D eigenvalue weighted by Gasteiger charge is 2.28. The van der Waals surface area contributed by atoms with Gasteiger partial charge in [-0.3, -0.25) is 5.32 Å². The zero-order valence-corrected chi connectivity index (χ0v) is 16.3. The second-order valence-electron chi connectivity index (χ2n) is 5.46. The number of anilines is 1. The average molecular weight is 411 g/mol. The van der Waals surface area contributed by atoms with Crippen LogP contribution in [0.25, 0.3) is 0 Å². The molecular formula is C15H17N5O5S2. The smallest absolute Gasteiger partial charge is 0.335 e. The second kappa shape index (κ2) is 7.58. The van der Waals surface area contributed by atoms with Gasteiger partial charge in [0.05, 0.1) is 20.3 Å². The van der Waals surface area contributed by atoms with E-state index in [2.05, 4.69) is 15.3 Å². The number of fused-ring (bicyclic) bond motifs is 1. The van der Waals surface area contributed by atoms with Gasteiger partial charge in [-0.2, -0.15) is 9.97 Å². The average Bonchev–Trinajstić information content (AvgIpc) is 3.00. The van der Waals surface area contributed by atoms with Gasteiger partial charge in [-0.25, -0.2) is 22.2 Å².